The van der Waals surface area contributed by atoms with Crippen molar-refractivity contribution >= 4 is 33.4 Å². The monoisotopic (exact) mass is 344 g/mol. The summed E-state index contributed by atoms with van der Waals surface area (Å²) in [6, 6.07) is 7.91. The van der Waals surface area contributed by atoms with Crippen LogP contribution in [0.15, 0.2) is 24.3 Å². The standard InChI is InChI=1S/C18H20N2O3S/c21-17(12-5-6-12)20-9-7-13(8-10-20)18(22)23-11-16-19-14-3-1-2-4-15(14)24-16/h1-4,12-13H,5-11H2. The van der Waals surface area contributed by atoms with Gasteiger partial charge in [0.1, 0.15) is 11.6 Å². The number of amides is 1. The Morgan fingerprint density at radius 2 is 1.88 bits per heavy atom. The summed E-state index contributed by atoms with van der Waals surface area (Å²) in [5, 5.41) is 0.825. The van der Waals surface area contributed by atoms with Gasteiger partial charge in [-0.15, -0.1) is 11.3 Å². The third kappa shape index (κ3) is 3.29. The molecule has 1 aliphatic heterocycles. The number of rotatable bonds is 4. The van der Waals surface area contributed by atoms with Crippen LogP contribution >= 0.6 is 11.3 Å². The van der Waals surface area contributed by atoms with Crippen molar-refractivity contribution in [3.8, 4) is 0 Å². The Kier molecular flexibility index (Phi) is 4.22. The Labute approximate surface area is 144 Å². The summed E-state index contributed by atoms with van der Waals surface area (Å²) in [6.07, 6.45) is 3.47. The fourth-order valence-electron chi connectivity index (χ4n) is 3.16. The number of para-hydroxylation sites is 1. The number of ether oxygens (including phenoxy) is 1. The van der Waals surface area contributed by atoms with Crippen molar-refractivity contribution in [2.24, 2.45) is 11.8 Å². The van der Waals surface area contributed by atoms with E-state index < -0.39 is 0 Å². The van der Waals surface area contributed by atoms with E-state index >= 15 is 0 Å². The summed E-state index contributed by atoms with van der Waals surface area (Å²) in [5.41, 5.74) is 0.945. The maximum atomic E-state index is 12.3. The molecule has 1 aromatic carbocycles. The second kappa shape index (κ2) is 6.51. The number of hydrogen-bond donors (Lipinski definition) is 0. The van der Waals surface area contributed by atoms with Gasteiger partial charge in [-0.3, -0.25) is 9.59 Å². The molecule has 1 aliphatic carbocycles. The normalized spacial score (nSPS) is 18.8. The molecule has 0 atom stereocenters. The van der Waals surface area contributed by atoms with Gasteiger partial charge < -0.3 is 9.64 Å². The van der Waals surface area contributed by atoms with Crippen LogP contribution in [-0.4, -0.2) is 34.8 Å². The number of esters is 1. The van der Waals surface area contributed by atoms with Gasteiger partial charge in [-0.05, 0) is 37.8 Å². The van der Waals surface area contributed by atoms with Crippen LogP contribution < -0.4 is 0 Å². The van der Waals surface area contributed by atoms with Crippen LogP contribution in [0.3, 0.4) is 0 Å². The Hall–Kier alpha value is -1.95. The summed E-state index contributed by atoms with van der Waals surface area (Å²) >= 11 is 1.56. The summed E-state index contributed by atoms with van der Waals surface area (Å²) < 4.78 is 6.57. The number of hydrogen-bond acceptors (Lipinski definition) is 5. The van der Waals surface area contributed by atoms with Crippen LogP contribution in [0.2, 0.25) is 0 Å². The Balaban J connectivity index is 1.28. The molecule has 2 heterocycles. The summed E-state index contributed by atoms with van der Waals surface area (Å²) in [6.45, 7) is 1.59. The van der Waals surface area contributed by atoms with Crippen molar-refractivity contribution in [1.29, 1.82) is 0 Å². The molecule has 6 heteroatoms. The molecule has 2 fully saturated rings. The van der Waals surface area contributed by atoms with E-state index in [1.807, 2.05) is 29.2 Å². The van der Waals surface area contributed by atoms with Crippen molar-refractivity contribution < 1.29 is 14.3 Å². The molecular weight excluding hydrogens is 324 g/mol. The van der Waals surface area contributed by atoms with E-state index in [2.05, 4.69) is 4.98 Å². The molecular formula is C18H20N2O3S. The molecule has 5 nitrogen and oxygen atoms in total. The predicted molar refractivity (Wildman–Crippen MR) is 91.4 cm³/mol. The minimum atomic E-state index is -0.159. The van der Waals surface area contributed by atoms with Gasteiger partial charge in [-0.25, -0.2) is 4.98 Å². The van der Waals surface area contributed by atoms with Crippen molar-refractivity contribution in [3.05, 3.63) is 29.3 Å². The molecule has 2 aliphatic rings. The molecule has 1 aromatic heterocycles. The SMILES string of the molecule is O=C(OCc1nc2ccccc2s1)C1CCN(C(=O)C2CC2)CC1. The van der Waals surface area contributed by atoms with Crippen LogP contribution in [0.1, 0.15) is 30.7 Å². The van der Waals surface area contributed by atoms with Gasteiger partial charge in [0.15, 0.2) is 0 Å². The predicted octanol–water partition coefficient (Wildman–Crippen LogP) is 2.99. The molecule has 2 aromatic rings. The number of carbonyl (C=O) groups excluding carboxylic acids is 2. The van der Waals surface area contributed by atoms with E-state index in [1.54, 1.807) is 11.3 Å². The average Bonchev–Trinajstić information content (AvgIpc) is 3.38. The number of aromatic nitrogens is 1. The largest absolute Gasteiger partial charge is 0.458 e. The van der Waals surface area contributed by atoms with Crippen molar-refractivity contribution in [2.45, 2.75) is 32.3 Å². The lowest BCUT2D eigenvalue weighted by atomic mass is 9.97. The lowest BCUT2D eigenvalue weighted by Gasteiger charge is -2.31. The summed E-state index contributed by atoms with van der Waals surface area (Å²) in [7, 11) is 0. The second-order valence-electron chi connectivity index (χ2n) is 6.56. The molecule has 24 heavy (non-hydrogen) atoms. The molecule has 0 N–H and O–H groups in total. The van der Waals surface area contributed by atoms with Crippen molar-refractivity contribution in [3.63, 3.8) is 0 Å². The van der Waals surface area contributed by atoms with E-state index in [-0.39, 0.29) is 30.3 Å². The van der Waals surface area contributed by atoms with Crippen molar-refractivity contribution in [2.75, 3.05) is 13.1 Å². The minimum absolute atomic E-state index is 0.0948. The smallest absolute Gasteiger partial charge is 0.309 e. The maximum Gasteiger partial charge on any atom is 0.309 e. The molecule has 126 valence electrons. The zero-order valence-corrected chi connectivity index (χ0v) is 14.3. The molecule has 0 unspecified atom stereocenters. The second-order valence-corrected chi connectivity index (χ2v) is 7.67. The van der Waals surface area contributed by atoms with E-state index in [4.69, 9.17) is 4.74 Å². The molecule has 0 bridgehead atoms. The maximum absolute atomic E-state index is 12.3. The Morgan fingerprint density at radius 3 is 2.58 bits per heavy atom. The third-order valence-electron chi connectivity index (χ3n) is 4.74. The number of thiazole rings is 1. The molecule has 1 amide bonds. The van der Waals surface area contributed by atoms with Crippen LogP contribution in [0, 0.1) is 11.8 Å². The van der Waals surface area contributed by atoms with Gasteiger partial charge in [0, 0.05) is 19.0 Å². The van der Waals surface area contributed by atoms with Crippen LogP contribution in [0.5, 0.6) is 0 Å². The first-order valence-electron chi connectivity index (χ1n) is 8.50. The minimum Gasteiger partial charge on any atom is -0.458 e. The number of fused-ring (bicyclic) bond motifs is 1. The van der Waals surface area contributed by atoms with Gasteiger partial charge in [0.2, 0.25) is 5.91 Å². The first kappa shape index (κ1) is 15.6. The van der Waals surface area contributed by atoms with Gasteiger partial charge >= 0.3 is 5.97 Å². The Morgan fingerprint density at radius 1 is 1.12 bits per heavy atom. The lowest BCUT2D eigenvalue weighted by Crippen LogP contribution is -2.41. The van der Waals surface area contributed by atoms with Crippen LogP contribution in [0.4, 0.5) is 0 Å². The fourth-order valence-corrected chi connectivity index (χ4v) is 4.04. The summed E-state index contributed by atoms with van der Waals surface area (Å²) in [4.78, 5) is 30.7. The molecule has 1 saturated carbocycles. The van der Waals surface area contributed by atoms with Gasteiger partial charge in [0.05, 0.1) is 16.1 Å². The molecule has 4 rings (SSSR count). The van der Waals surface area contributed by atoms with E-state index in [0.717, 1.165) is 28.1 Å². The van der Waals surface area contributed by atoms with Gasteiger partial charge in [-0.2, -0.15) is 0 Å². The zero-order chi connectivity index (χ0) is 16.5. The average molecular weight is 344 g/mol. The first-order chi connectivity index (χ1) is 11.7. The number of carbonyl (C=O) groups is 2. The van der Waals surface area contributed by atoms with Gasteiger partial charge in [0.25, 0.3) is 0 Å². The zero-order valence-electron chi connectivity index (χ0n) is 13.4. The fraction of sp³-hybridized carbons (Fsp3) is 0.500. The highest BCUT2D eigenvalue weighted by Gasteiger charge is 2.36. The number of nitrogens with zero attached hydrogens (tertiary/aromatic N) is 2. The Bertz CT molecular complexity index is 727. The topological polar surface area (TPSA) is 59.5 Å². The number of benzene rings is 1. The van der Waals surface area contributed by atoms with E-state index in [0.29, 0.717) is 25.9 Å². The number of likely N-dealkylation sites (tertiary alicyclic amines) is 1. The van der Waals surface area contributed by atoms with Crippen LogP contribution in [0.25, 0.3) is 10.2 Å². The first-order valence-corrected chi connectivity index (χ1v) is 9.32. The third-order valence-corrected chi connectivity index (χ3v) is 5.75. The molecule has 1 saturated heterocycles. The highest BCUT2D eigenvalue weighted by Crippen LogP contribution is 2.32. The highest BCUT2D eigenvalue weighted by molar-refractivity contribution is 7.18. The van der Waals surface area contributed by atoms with Gasteiger partial charge in [-0.1, -0.05) is 12.1 Å². The molecule has 0 radical (unpaired) electrons. The highest BCUT2D eigenvalue weighted by atomic mass is 32.1. The summed E-state index contributed by atoms with van der Waals surface area (Å²) in [5.74, 6) is 0.277. The van der Waals surface area contributed by atoms with Crippen molar-refractivity contribution in [1.82, 2.24) is 9.88 Å². The van der Waals surface area contributed by atoms with E-state index in [1.165, 1.54) is 0 Å². The van der Waals surface area contributed by atoms with E-state index in [9.17, 15) is 9.59 Å². The molecule has 0 spiro atoms. The van der Waals surface area contributed by atoms with Crippen LogP contribution in [-0.2, 0) is 20.9 Å². The number of piperidine rings is 1. The lowest BCUT2D eigenvalue weighted by molar-refractivity contribution is -0.153. The quantitative estimate of drug-likeness (QED) is 0.800.